The fraction of sp³-hybridized carbons (Fsp3) is 0.611. The van der Waals surface area contributed by atoms with Gasteiger partial charge in [0.25, 0.3) is 0 Å². The van der Waals surface area contributed by atoms with Gasteiger partial charge < -0.3 is 15.0 Å². The zero-order chi connectivity index (χ0) is 18.3. The first kappa shape index (κ1) is 18.0. The van der Waals surface area contributed by atoms with E-state index < -0.39 is 9.84 Å². The van der Waals surface area contributed by atoms with Gasteiger partial charge in [-0.2, -0.15) is 0 Å². The minimum Gasteiger partial charge on any atom is -0.497 e. The van der Waals surface area contributed by atoms with Crippen LogP contribution in [0, 0.1) is 0 Å². The van der Waals surface area contributed by atoms with Crippen LogP contribution in [0.3, 0.4) is 0 Å². The van der Waals surface area contributed by atoms with E-state index in [-0.39, 0.29) is 29.6 Å². The average molecular weight is 396 g/mol. The molecule has 0 radical (unpaired) electrons. The summed E-state index contributed by atoms with van der Waals surface area (Å²) < 4.78 is 29.4. The van der Waals surface area contributed by atoms with Crippen LogP contribution in [0.5, 0.6) is 5.75 Å². The van der Waals surface area contributed by atoms with Gasteiger partial charge in [0.15, 0.2) is 14.9 Å². The highest BCUT2D eigenvalue weighted by molar-refractivity contribution is 7.91. The molecule has 0 amide bonds. The molecule has 0 spiro atoms. The van der Waals surface area contributed by atoms with Gasteiger partial charge in [0.05, 0.1) is 36.7 Å². The number of methoxy groups -OCH3 is 1. The first-order valence-corrected chi connectivity index (χ1v) is 11.4. The van der Waals surface area contributed by atoms with Crippen molar-refractivity contribution in [3.63, 3.8) is 0 Å². The van der Waals surface area contributed by atoms with Crippen LogP contribution in [-0.2, 0) is 9.84 Å². The Morgan fingerprint density at radius 3 is 2.58 bits per heavy atom. The Hall–Kier alpha value is -1.38. The third-order valence-electron chi connectivity index (χ3n) is 5.74. The molecule has 142 valence electrons. The molecule has 0 aliphatic carbocycles. The molecular formula is C18H25N3O3S2. The summed E-state index contributed by atoms with van der Waals surface area (Å²) in [6.07, 6.45) is 2.41. The third kappa shape index (κ3) is 3.42. The van der Waals surface area contributed by atoms with E-state index in [1.54, 1.807) is 7.11 Å². The summed E-state index contributed by atoms with van der Waals surface area (Å²) in [6.45, 7) is 2.85. The Kier molecular flexibility index (Phi) is 4.83. The molecule has 3 heterocycles. The maximum absolute atomic E-state index is 12.0. The Bertz CT molecular complexity index is 775. The second-order valence-electron chi connectivity index (χ2n) is 7.38. The fourth-order valence-electron chi connectivity index (χ4n) is 4.38. The van der Waals surface area contributed by atoms with E-state index >= 15 is 0 Å². The number of hydrogen-bond acceptors (Lipinski definition) is 5. The van der Waals surface area contributed by atoms with Crippen molar-refractivity contribution < 1.29 is 13.2 Å². The van der Waals surface area contributed by atoms with Gasteiger partial charge in [-0.15, -0.1) is 0 Å². The summed E-state index contributed by atoms with van der Waals surface area (Å²) in [5.41, 5.74) is 1.22. The van der Waals surface area contributed by atoms with Crippen LogP contribution in [0.2, 0.25) is 0 Å². The molecule has 4 rings (SSSR count). The van der Waals surface area contributed by atoms with Gasteiger partial charge in [-0.25, -0.2) is 8.42 Å². The van der Waals surface area contributed by atoms with Gasteiger partial charge in [-0.05, 0) is 55.8 Å². The molecule has 3 saturated heterocycles. The molecule has 3 aliphatic heterocycles. The summed E-state index contributed by atoms with van der Waals surface area (Å²) in [6, 6.07) is 8.28. The Labute approximate surface area is 160 Å². The number of sulfone groups is 1. The van der Waals surface area contributed by atoms with E-state index in [0.717, 1.165) is 25.4 Å². The molecule has 8 heteroatoms. The molecular weight excluding hydrogens is 370 g/mol. The molecule has 3 atom stereocenters. The maximum atomic E-state index is 12.0. The van der Waals surface area contributed by atoms with Crippen LogP contribution in [-0.4, -0.2) is 73.7 Å². The fourth-order valence-corrected chi connectivity index (χ4v) is 6.66. The highest BCUT2D eigenvalue weighted by Crippen LogP contribution is 2.31. The van der Waals surface area contributed by atoms with E-state index in [1.165, 1.54) is 18.4 Å². The number of ether oxygens (including phenoxy) is 1. The quantitative estimate of drug-likeness (QED) is 0.752. The summed E-state index contributed by atoms with van der Waals surface area (Å²) in [5, 5.41) is 3.91. The van der Waals surface area contributed by atoms with Crippen molar-refractivity contribution in [2.75, 3.05) is 38.2 Å². The molecule has 1 aromatic carbocycles. The van der Waals surface area contributed by atoms with Gasteiger partial charge in [-0.3, -0.25) is 4.90 Å². The van der Waals surface area contributed by atoms with Gasteiger partial charge in [0.1, 0.15) is 5.75 Å². The van der Waals surface area contributed by atoms with Crippen molar-refractivity contribution >= 4 is 27.2 Å². The van der Waals surface area contributed by atoms with Crippen molar-refractivity contribution in [3.05, 3.63) is 29.8 Å². The normalized spacial score (nSPS) is 28.8. The highest BCUT2D eigenvalue weighted by Gasteiger charge is 2.47. The lowest BCUT2D eigenvalue weighted by molar-refractivity contribution is 0.192. The summed E-state index contributed by atoms with van der Waals surface area (Å²) in [4.78, 5) is 4.60. The van der Waals surface area contributed by atoms with Crippen molar-refractivity contribution in [2.24, 2.45) is 0 Å². The number of benzene rings is 1. The summed E-state index contributed by atoms with van der Waals surface area (Å²) >= 11 is 5.53. The predicted molar refractivity (Wildman–Crippen MR) is 105 cm³/mol. The molecule has 0 saturated carbocycles. The van der Waals surface area contributed by atoms with Gasteiger partial charge in [-0.1, -0.05) is 12.1 Å². The summed E-state index contributed by atoms with van der Waals surface area (Å²) in [5.74, 6) is 1.22. The maximum Gasteiger partial charge on any atom is 0.169 e. The molecule has 6 nitrogen and oxygen atoms in total. The lowest BCUT2D eigenvalue weighted by Gasteiger charge is -2.34. The molecule has 3 aliphatic rings. The van der Waals surface area contributed by atoms with Crippen LogP contribution in [0.15, 0.2) is 24.3 Å². The number of nitrogens with zero attached hydrogens (tertiary/aromatic N) is 2. The number of nitrogens with one attached hydrogen (secondary N) is 1. The van der Waals surface area contributed by atoms with Crippen molar-refractivity contribution in [1.29, 1.82) is 0 Å². The van der Waals surface area contributed by atoms with Crippen LogP contribution >= 0.6 is 12.2 Å². The molecule has 26 heavy (non-hydrogen) atoms. The molecule has 0 bridgehead atoms. The van der Waals surface area contributed by atoms with Crippen LogP contribution in [0.1, 0.15) is 24.4 Å². The molecule has 0 unspecified atom stereocenters. The monoisotopic (exact) mass is 395 g/mol. The number of thiocarbonyl (C=S) groups is 1. The van der Waals surface area contributed by atoms with Crippen LogP contribution < -0.4 is 10.1 Å². The second kappa shape index (κ2) is 6.98. The van der Waals surface area contributed by atoms with Gasteiger partial charge in [0, 0.05) is 6.54 Å². The van der Waals surface area contributed by atoms with Gasteiger partial charge >= 0.3 is 0 Å². The average Bonchev–Trinajstić information content (AvgIpc) is 3.29. The first-order chi connectivity index (χ1) is 12.5. The number of fused-ring (bicyclic) bond motifs is 1. The largest absolute Gasteiger partial charge is 0.497 e. The lowest BCUT2D eigenvalue weighted by Crippen LogP contribution is -2.43. The summed E-state index contributed by atoms with van der Waals surface area (Å²) in [7, 11) is -1.32. The molecule has 1 N–H and O–H groups in total. The van der Waals surface area contributed by atoms with E-state index in [1.807, 2.05) is 12.1 Å². The molecule has 1 aromatic rings. The minimum absolute atomic E-state index is 0.0455. The van der Waals surface area contributed by atoms with E-state index in [9.17, 15) is 8.42 Å². The second-order valence-corrected chi connectivity index (χ2v) is 9.93. The van der Waals surface area contributed by atoms with E-state index in [2.05, 4.69) is 27.2 Å². The smallest absolute Gasteiger partial charge is 0.169 e. The van der Waals surface area contributed by atoms with Crippen molar-refractivity contribution in [1.82, 2.24) is 15.1 Å². The van der Waals surface area contributed by atoms with E-state index in [0.29, 0.717) is 5.11 Å². The Morgan fingerprint density at radius 1 is 1.23 bits per heavy atom. The number of hydrogen-bond donors (Lipinski definition) is 1. The SMILES string of the molecule is COc1ccc([C@H](CN2C(=S)N[C@H]3CS(=O)(=O)C[C@H]32)N2CCCC2)cc1. The standard InChI is InChI=1S/C18H25N3O3S2/c1-24-14-6-4-13(5-7-14)16(20-8-2-3-9-20)10-21-17-12-26(22,23)11-15(17)19-18(21)25/h4-7,15-17H,2-3,8-12H2,1H3,(H,19,25)/t15-,16-,17+/m0/s1. The predicted octanol–water partition coefficient (Wildman–Crippen LogP) is 1.19. The van der Waals surface area contributed by atoms with Crippen molar-refractivity contribution in [3.8, 4) is 5.75 Å². The zero-order valence-corrected chi connectivity index (χ0v) is 16.6. The molecule has 3 fully saturated rings. The van der Waals surface area contributed by atoms with Gasteiger partial charge in [0.2, 0.25) is 0 Å². The third-order valence-corrected chi connectivity index (χ3v) is 7.81. The topological polar surface area (TPSA) is 61.9 Å². The lowest BCUT2D eigenvalue weighted by atomic mass is 10.0. The van der Waals surface area contributed by atoms with Crippen LogP contribution in [0.25, 0.3) is 0 Å². The number of rotatable bonds is 5. The van der Waals surface area contributed by atoms with Crippen LogP contribution in [0.4, 0.5) is 0 Å². The highest BCUT2D eigenvalue weighted by atomic mass is 32.2. The Morgan fingerprint density at radius 2 is 1.92 bits per heavy atom. The first-order valence-electron chi connectivity index (χ1n) is 9.12. The van der Waals surface area contributed by atoms with E-state index in [4.69, 9.17) is 17.0 Å². The molecule has 0 aromatic heterocycles. The zero-order valence-electron chi connectivity index (χ0n) is 14.9. The number of likely N-dealkylation sites (tertiary alicyclic amines) is 1. The minimum atomic E-state index is -2.98. The van der Waals surface area contributed by atoms with Crippen molar-refractivity contribution in [2.45, 2.75) is 31.0 Å². The Balaban J connectivity index is 1.59.